The second-order valence-corrected chi connectivity index (χ2v) is 7.73. The summed E-state index contributed by atoms with van der Waals surface area (Å²) in [5.74, 6) is -0.583. The van der Waals surface area contributed by atoms with Gasteiger partial charge in [0.05, 0.1) is 12.8 Å². The van der Waals surface area contributed by atoms with Crippen LogP contribution in [0.3, 0.4) is 0 Å². The van der Waals surface area contributed by atoms with Crippen molar-refractivity contribution in [3.63, 3.8) is 0 Å². The van der Waals surface area contributed by atoms with Gasteiger partial charge in [-0.05, 0) is 54.1 Å². The number of para-hydroxylation sites is 1. The van der Waals surface area contributed by atoms with Crippen LogP contribution in [0, 0.1) is 5.82 Å². The predicted molar refractivity (Wildman–Crippen MR) is 123 cm³/mol. The number of methoxy groups -OCH3 is 1. The Balaban J connectivity index is 1.80. The fourth-order valence-corrected chi connectivity index (χ4v) is 3.85. The highest BCUT2D eigenvalue weighted by Gasteiger charge is 2.42. The zero-order valence-electron chi connectivity index (χ0n) is 18.2. The molecule has 0 aliphatic carbocycles. The highest BCUT2D eigenvalue weighted by atomic mass is 19.1. The lowest BCUT2D eigenvalue weighted by Crippen LogP contribution is -2.56. The topological polar surface area (TPSA) is 53.1 Å². The standard InChI is InChI=1S/C25H24FN3O3/c1-27(2)18-10-8-17(9-11-18)24-25(31)28(22-7-5-4-6-21(22)26)16-23(30)29(24)19-12-14-20(32-3)15-13-19/h4-15,24H,16H2,1-3H3/t24-/m0/s1. The fraction of sp³-hybridized carbons (Fsp3) is 0.200. The average Bonchev–Trinajstić information content (AvgIpc) is 2.81. The fourth-order valence-electron chi connectivity index (χ4n) is 3.85. The van der Waals surface area contributed by atoms with Gasteiger partial charge in [-0.1, -0.05) is 24.3 Å². The summed E-state index contributed by atoms with van der Waals surface area (Å²) in [6, 6.07) is 19.4. The minimum atomic E-state index is -0.930. The summed E-state index contributed by atoms with van der Waals surface area (Å²) in [6.45, 7) is -0.252. The predicted octanol–water partition coefficient (Wildman–Crippen LogP) is 4.02. The first kappa shape index (κ1) is 21.4. The van der Waals surface area contributed by atoms with Crippen LogP contribution >= 0.6 is 0 Å². The highest BCUT2D eigenvalue weighted by Crippen LogP contribution is 2.36. The Morgan fingerprint density at radius 2 is 1.59 bits per heavy atom. The third-order valence-electron chi connectivity index (χ3n) is 5.54. The van der Waals surface area contributed by atoms with Crippen LogP contribution < -0.4 is 19.4 Å². The second-order valence-electron chi connectivity index (χ2n) is 7.73. The average molecular weight is 433 g/mol. The summed E-state index contributed by atoms with van der Waals surface area (Å²) in [6.07, 6.45) is 0. The summed E-state index contributed by atoms with van der Waals surface area (Å²) in [5.41, 5.74) is 2.27. The van der Waals surface area contributed by atoms with Crippen molar-refractivity contribution in [3.8, 4) is 5.75 Å². The normalized spacial score (nSPS) is 16.3. The number of benzene rings is 3. The molecule has 0 radical (unpaired) electrons. The smallest absolute Gasteiger partial charge is 0.255 e. The molecule has 0 aromatic heterocycles. The monoisotopic (exact) mass is 433 g/mol. The minimum Gasteiger partial charge on any atom is -0.497 e. The van der Waals surface area contributed by atoms with Crippen LogP contribution in [-0.2, 0) is 9.59 Å². The number of carbonyl (C=O) groups excluding carboxylic acids is 2. The summed E-state index contributed by atoms with van der Waals surface area (Å²) >= 11 is 0. The van der Waals surface area contributed by atoms with Gasteiger partial charge in [0, 0.05) is 25.5 Å². The molecule has 0 saturated carbocycles. The van der Waals surface area contributed by atoms with Crippen LogP contribution in [0.4, 0.5) is 21.5 Å². The van der Waals surface area contributed by atoms with E-state index < -0.39 is 11.9 Å². The van der Waals surface area contributed by atoms with E-state index in [2.05, 4.69) is 0 Å². The molecular weight excluding hydrogens is 409 g/mol. The molecule has 0 unspecified atom stereocenters. The van der Waals surface area contributed by atoms with Crippen LogP contribution in [0.1, 0.15) is 11.6 Å². The molecule has 0 N–H and O–H groups in total. The first-order chi connectivity index (χ1) is 15.4. The Morgan fingerprint density at radius 3 is 2.19 bits per heavy atom. The van der Waals surface area contributed by atoms with Crippen LogP contribution in [0.25, 0.3) is 0 Å². The summed E-state index contributed by atoms with van der Waals surface area (Å²) in [5, 5.41) is 0. The van der Waals surface area contributed by atoms with Crippen LogP contribution in [0.2, 0.25) is 0 Å². The van der Waals surface area contributed by atoms with Crippen LogP contribution in [0.5, 0.6) is 5.75 Å². The molecule has 0 bridgehead atoms. The number of amides is 2. The molecule has 4 rings (SSSR count). The van der Waals surface area contributed by atoms with Gasteiger partial charge in [-0.2, -0.15) is 0 Å². The quantitative estimate of drug-likeness (QED) is 0.610. The number of halogens is 1. The van der Waals surface area contributed by atoms with Crippen molar-refractivity contribution in [3.05, 3.63) is 84.2 Å². The number of anilines is 3. The highest BCUT2D eigenvalue weighted by molar-refractivity contribution is 6.14. The van der Waals surface area contributed by atoms with E-state index in [1.165, 1.54) is 21.9 Å². The van der Waals surface area contributed by atoms with E-state index in [1.54, 1.807) is 43.5 Å². The lowest BCUT2D eigenvalue weighted by atomic mass is 9.99. The molecular formula is C25H24FN3O3. The van der Waals surface area contributed by atoms with E-state index in [-0.39, 0.29) is 24.0 Å². The lowest BCUT2D eigenvalue weighted by Gasteiger charge is -2.40. The molecule has 1 fully saturated rings. The molecule has 3 aromatic carbocycles. The Morgan fingerprint density at radius 1 is 0.938 bits per heavy atom. The van der Waals surface area contributed by atoms with Gasteiger partial charge in [-0.25, -0.2) is 4.39 Å². The van der Waals surface area contributed by atoms with Crippen molar-refractivity contribution in [1.29, 1.82) is 0 Å². The van der Waals surface area contributed by atoms with Gasteiger partial charge in [-0.3, -0.25) is 19.4 Å². The molecule has 3 aromatic rings. The summed E-state index contributed by atoms with van der Waals surface area (Å²) in [7, 11) is 5.41. The van der Waals surface area contributed by atoms with Gasteiger partial charge in [0.1, 0.15) is 24.2 Å². The van der Waals surface area contributed by atoms with Gasteiger partial charge in [0.15, 0.2) is 0 Å². The van der Waals surface area contributed by atoms with Crippen molar-refractivity contribution < 1.29 is 18.7 Å². The van der Waals surface area contributed by atoms with Gasteiger partial charge in [-0.15, -0.1) is 0 Å². The number of nitrogens with zero attached hydrogens (tertiary/aromatic N) is 3. The van der Waals surface area contributed by atoms with Crippen molar-refractivity contribution in [2.75, 3.05) is 42.4 Å². The first-order valence-electron chi connectivity index (χ1n) is 10.2. The Hall–Kier alpha value is -3.87. The third kappa shape index (κ3) is 3.89. The van der Waals surface area contributed by atoms with E-state index in [4.69, 9.17) is 4.74 Å². The summed E-state index contributed by atoms with van der Waals surface area (Å²) in [4.78, 5) is 31.6. The number of carbonyl (C=O) groups is 2. The van der Waals surface area contributed by atoms with Crippen molar-refractivity contribution in [1.82, 2.24) is 0 Å². The summed E-state index contributed by atoms with van der Waals surface area (Å²) < 4.78 is 19.7. The molecule has 1 atom stereocenters. The maximum atomic E-state index is 14.5. The number of rotatable bonds is 5. The number of hydrogen-bond donors (Lipinski definition) is 0. The third-order valence-corrected chi connectivity index (χ3v) is 5.54. The van der Waals surface area contributed by atoms with Crippen molar-refractivity contribution in [2.24, 2.45) is 0 Å². The molecule has 164 valence electrons. The van der Waals surface area contributed by atoms with Gasteiger partial charge in [0.2, 0.25) is 5.91 Å². The first-order valence-corrected chi connectivity index (χ1v) is 10.2. The van der Waals surface area contributed by atoms with E-state index in [0.29, 0.717) is 17.0 Å². The van der Waals surface area contributed by atoms with E-state index in [0.717, 1.165) is 5.69 Å². The largest absolute Gasteiger partial charge is 0.497 e. The molecule has 32 heavy (non-hydrogen) atoms. The lowest BCUT2D eigenvalue weighted by molar-refractivity contribution is -0.128. The zero-order valence-corrected chi connectivity index (χ0v) is 18.2. The SMILES string of the molecule is COc1ccc(N2C(=O)CN(c3ccccc3F)C(=O)[C@@H]2c2ccc(N(C)C)cc2)cc1. The van der Waals surface area contributed by atoms with Crippen LogP contribution in [0.15, 0.2) is 72.8 Å². The molecule has 1 heterocycles. The van der Waals surface area contributed by atoms with E-state index in [9.17, 15) is 14.0 Å². The number of piperazine rings is 1. The van der Waals surface area contributed by atoms with Crippen molar-refractivity contribution >= 4 is 28.9 Å². The van der Waals surface area contributed by atoms with E-state index >= 15 is 0 Å². The number of ether oxygens (including phenoxy) is 1. The molecule has 0 spiro atoms. The zero-order chi connectivity index (χ0) is 22.8. The molecule has 1 saturated heterocycles. The van der Waals surface area contributed by atoms with Crippen LogP contribution in [-0.4, -0.2) is 39.6 Å². The molecule has 6 nitrogen and oxygen atoms in total. The minimum absolute atomic E-state index is 0.0927. The maximum Gasteiger partial charge on any atom is 0.255 e. The molecule has 7 heteroatoms. The maximum absolute atomic E-state index is 14.5. The van der Waals surface area contributed by atoms with Crippen molar-refractivity contribution in [2.45, 2.75) is 6.04 Å². The Kier molecular flexibility index (Phi) is 5.81. The van der Waals surface area contributed by atoms with Gasteiger partial charge >= 0.3 is 0 Å². The molecule has 1 aliphatic heterocycles. The number of hydrogen-bond acceptors (Lipinski definition) is 4. The van der Waals surface area contributed by atoms with Gasteiger partial charge in [0.25, 0.3) is 5.91 Å². The van der Waals surface area contributed by atoms with Gasteiger partial charge < -0.3 is 9.64 Å². The Labute approximate surface area is 186 Å². The van der Waals surface area contributed by atoms with E-state index in [1.807, 2.05) is 43.3 Å². The second kappa shape index (κ2) is 8.70. The molecule has 2 amide bonds. The molecule has 1 aliphatic rings. The Bertz CT molecular complexity index is 1130.